The van der Waals surface area contributed by atoms with Crippen molar-refractivity contribution in [1.29, 1.82) is 0 Å². The summed E-state index contributed by atoms with van der Waals surface area (Å²) in [4.78, 5) is 24.0. The normalized spacial score (nSPS) is 11.3. The molecule has 0 saturated heterocycles. The van der Waals surface area contributed by atoms with Gasteiger partial charge < -0.3 is 0 Å². The number of halogens is 1. The van der Waals surface area contributed by atoms with Gasteiger partial charge in [-0.05, 0) is 18.2 Å². The van der Waals surface area contributed by atoms with Gasteiger partial charge in [0.2, 0.25) is 0 Å². The molecule has 0 fully saturated rings. The molecule has 0 N–H and O–H groups in total. The highest BCUT2D eigenvalue weighted by atomic mass is 35.5. The van der Waals surface area contributed by atoms with Crippen molar-refractivity contribution in [3.63, 3.8) is 0 Å². The third kappa shape index (κ3) is 1.57. The van der Waals surface area contributed by atoms with Crippen LogP contribution < -0.4 is 11.2 Å². The number of benzene rings is 1. The summed E-state index contributed by atoms with van der Waals surface area (Å²) in [6.45, 7) is 0. The minimum absolute atomic E-state index is 0.152. The van der Waals surface area contributed by atoms with Crippen LogP contribution >= 0.6 is 11.6 Å². The number of nitrogens with zero attached hydrogens (tertiary/aromatic N) is 4. The van der Waals surface area contributed by atoms with Gasteiger partial charge in [0, 0.05) is 24.5 Å². The van der Waals surface area contributed by atoms with Gasteiger partial charge in [-0.25, -0.2) is 4.79 Å². The molecule has 0 saturated carbocycles. The molecule has 0 amide bonds. The lowest BCUT2D eigenvalue weighted by Gasteiger charge is -2.08. The number of aryl methyl sites for hydroxylation is 1. The van der Waals surface area contributed by atoms with Gasteiger partial charge in [0.1, 0.15) is 0 Å². The average molecular weight is 277 g/mol. The fourth-order valence-corrected chi connectivity index (χ4v) is 2.29. The molecule has 96 valence electrons. The summed E-state index contributed by atoms with van der Waals surface area (Å²) in [5.41, 5.74) is 0.305. The topological polar surface area (TPSA) is 69.8 Å². The van der Waals surface area contributed by atoms with Crippen LogP contribution in [0.3, 0.4) is 0 Å². The number of fused-ring (bicyclic) bond motifs is 3. The standard InChI is InChI=1S/C12H9ClN4O2/c1-16-10-7-5-6(13)3-4-8(7)14-15-9(10)11(18)17(2)12(16)19/h3-5H,1-2H3. The highest BCUT2D eigenvalue weighted by molar-refractivity contribution is 6.31. The van der Waals surface area contributed by atoms with Gasteiger partial charge in [0.15, 0.2) is 5.52 Å². The molecule has 0 aliphatic carbocycles. The van der Waals surface area contributed by atoms with Gasteiger partial charge in [0.05, 0.1) is 11.0 Å². The summed E-state index contributed by atoms with van der Waals surface area (Å²) in [7, 11) is 3.00. The third-order valence-electron chi connectivity index (χ3n) is 3.11. The zero-order chi connectivity index (χ0) is 13.7. The molecule has 6 nitrogen and oxygen atoms in total. The molecule has 0 bridgehead atoms. The van der Waals surface area contributed by atoms with E-state index in [4.69, 9.17) is 11.6 Å². The van der Waals surface area contributed by atoms with Crippen molar-refractivity contribution in [2.24, 2.45) is 14.1 Å². The van der Waals surface area contributed by atoms with Crippen molar-refractivity contribution >= 4 is 33.5 Å². The van der Waals surface area contributed by atoms with Gasteiger partial charge >= 0.3 is 5.69 Å². The van der Waals surface area contributed by atoms with E-state index < -0.39 is 11.2 Å². The average Bonchev–Trinajstić information content (AvgIpc) is 2.41. The molecule has 19 heavy (non-hydrogen) atoms. The number of hydrogen-bond donors (Lipinski definition) is 0. The van der Waals surface area contributed by atoms with Crippen LogP contribution in [0, 0.1) is 0 Å². The predicted molar refractivity (Wildman–Crippen MR) is 72.5 cm³/mol. The number of hydrogen-bond acceptors (Lipinski definition) is 4. The van der Waals surface area contributed by atoms with E-state index in [0.717, 1.165) is 4.57 Å². The summed E-state index contributed by atoms with van der Waals surface area (Å²) >= 11 is 5.96. The van der Waals surface area contributed by atoms with Gasteiger partial charge in [-0.1, -0.05) is 11.6 Å². The van der Waals surface area contributed by atoms with E-state index in [0.29, 0.717) is 21.4 Å². The molecule has 0 unspecified atom stereocenters. The van der Waals surface area contributed by atoms with E-state index >= 15 is 0 Å². The van der Waals surface area contributed by atoms with Crippen molar-refractivity contribution in [3.8, 4) is 0 Å². The largest absolute Gasteiger partial charge is 0.331 e. The maximum Gasteiger partial charge on any atom is 0.331 e. The zero-order valence-corrected chi connectivity index (χ0v) is 11.0. The van der Waals surface area contributed by atoms with E-state index in [-0.39, 0.29) is 5.52 Å². The maximum atomic E-state index is 12.0. The summed E-state index contributed by atoms with van der Waals surface area (Å²) in [5, 5.41) is 9.04. The molecule has 2 heterocycles. The number of rotatable bonds is 0. The van der Waals surface area contributed by atoms with E-state index in [9.17, 15) is 9.59 Å². The Labute approximate surface area is 111 Å². The van der Waals surface area contributed by atoms with Crippen LogP contribution in [0.15, 0.2) is 27.8 Å². The highest BCUT2D eigenvalue weighted by Crippen LogP contribution is 2.22. The second-order valence-electron chi connectivity index (χ2n) is 4.26. The molecular weight excluding hydrogens is 268 g/mol. The lowest BCUT2D eigenvalue weighted by atomic mass is 10.2. The molecule has 0 aliphatic rings. The molecule has 0 atom stereocenters. The molecule has 1 aromatic carbocycles. The molecule has 7 heteroatoms. The summed E-state index contributed by atoms with van der Waals surface area (Å²) in [6, 6.07) is 5.06. The Kier molecular flexibility index (Phi) is 2.43. The maximum absolute atomic E-state index is 12.0. The smallest absolute Gasteiger partial charge is 0.294 e. The fraction of sp³-hybridized carbons (Fsp3) is 0.167. The Bertz CT molecular complexity index is 942. The first-order chi connectivity index (χ1) is 9.00. The molecule has 3 rings (SSSR count). The van der Waals surface area contributed by atoms with Gasteiger partial charge in [-0.15, -0.1) is 10.2 Å². The second kappa shape index (κ2) is 3.89. The van der Waals surface area contributed by atoms with Crippen LogP contribution in [0.25, 0.3) is 21.9 Å². The second-order valence-corrected chi connectivity index (χ2v) is 4.70. The van der Waals surface area contributed by atoms with E-state index in [1.54, 1.807) is 25.2 Å². The molecule has 0 aliphatic heterocycles. The Morgan fingerprint density at radius 2 is 1.84 bits per heavy atom. The Hall–Kier alpha value is -2.21. The predicted octanol–water partition coefficient (Wildman–Crippen LogP) is 0.834. The molecular formula is C12H9ClN4O2. The van der Waals surface area contributed by atoms with Crippen molar-refractivity contribution < 1.29 is 0 Å². The molecule has 2 aromatic heterocycles. The zero-order valence-electron chi connectivity index (χ0n) is 10.2. The lowest BCUT2D eigenvalue weighted by molar-refractivity contribution is 0.710. The molecule has 0 spiro atoms. The lowest BCUT2D eigenvalue weighted by Crippen LogP contribution is -2.37. The van der Waals surface area contributed by atoms with Crippen molar-refractivity contribution in [2.75, 3.05) is 0 Å². The summed E-state index contributed by atoms with van der Waals surface area (Å²) in [5.74, 6) is 0. The minimum atomic E-state index is -0.465. The Morgan fingerprint density at radius 1 is 1.11 bits per heavy atom. The third-order valence-corrected chi connectivity index (χ3v) is 3.35. The van der Waals surface area contributed by atoms with Gasteiger partial charge in [-0.3, -0.25) is 13.9 Å². The van der Waals surface area contributed by atoms with Gasteiger partial charge in [0.25, 0.3) is 5.56 Å². The van der Waals surface area contributed by atoms with Crippen LogP contribution in [-0.2, 0) is 14.1 Å². The monoisotopic (exact) mass is 276 g/mol. The van der Waals surface area contributed by atoms with Crippen LogP contribution in [0.4, 0.5) is 0 Å². The fourth-order valence-electron chi connectivity index (χ4n) is 2.11. The number of aromatic nitrogens is 4. The Morgan fingerprint density at radius 3 is 2.58 bits per heavy atom. The first-order valence-electron chi connectivity index (χ1n) is 5.52. The minimum Gasteiger partial charge on any atom is -0.294 e. The van der Waals surface area contributed by atoms with E-state index in [2.05, 4.69) is 10.2 Å². The van der Waals surface area contributed by atoms with E-state index in [1.165, 1.54) is 11.6 Å². The molecule has 0 radical (unpaired) electrons. The highest BCUT2D eigenvalue weighted by Gasteiger charge is 2.13. The van der Waals surface area contributed by atoms with Crippen molar-refractivity contribution in [2.45, 2.75) is 0 Å². The van der Waals surface area contributed by atoms with Crippen molar-refractivity contribution in [1.82, 2.24) is 19.3 Å². The molecule has 3 aromatic rings. The summed E-state index contributed by atoms with van der Waals surface area (Å²) in [6.07, 6.45) is 0. The van der Waals surface area contributed by atoms with Crippen LogP contribution in [0.1, 0.15) is 0 Å². The quantitative estimate of drug-likeness (QED) is 0.570. The SMILES string of the molecule is Cn1c(=O)c2nnc3ccc(Cl)cc3c2n(C)c1=O. The first kappa shape index (κ1) is 11.9. The van der Waals surface area contributed by atoms with E-state index in [1.807, 2.05) is 0 Å². The van der Waals surface area contributed by atoms with Crippen LogP contribution in [-0.4, -0.2) is 19.3 Å². The van der Waals surface area contributed by atoms with Gasteiger partial charge in [-0.2, -0.15) is 0 Å². The summed E-state index contributed by atoms with van der Waals surface area (Å²) < 4.78 is 2.39. The van der Waals surface area contributed by atoms with Crippen LogP contribution in [0.2, 0.25) is 5.02 Å². The van der Waals surface area contributed by atoms with Crippen molar-refractivity contribution in [3.05, 3.63) is 44.1 Å². The Balaban J connectivity index is 2.74. The van der Waals surface area contributed by atoms with Crippen LogP contribution in [0.5, 0.6) is 0 Å². The first-order valence-corrected chi connectivity index (χ1v) is 5.90.